The Hall–Kier alpha value is -0.960. The molecule has 1 atom stereocenters. The Bertz CT molecular complexity index is 410. The van der Waals surface area contributed by atoms with Gasteiger partial charge in [-0.15, -0.1) is 0 Å². The molecule has 0 saturated heterocycles. The van der Waals surface area contributed by atoms with Crippen molar-refractivity contribution in [3.05, 3.63) is 23.3 Å². The number of hydrogen-bond acceptors (Lipinski definition) is 3. The molecule has 1 aromatic rings. The van der Waals surface area contributed by atoms with Gasteiger partial charge < -0.3 is 5.32 Å². The monoisotopic (exact) mass is 245 g/mol. The topological polar surface area (TPSA) is 37.8 Å². The summed E-state index contributed by atoms with van der Waals surface area (Å²) in [6, 6.07) is 0.458. The van der Waals surface area contributed by atoms with Crippen LogP contribution in [0.5, 0.6) is 0 Å². The first-order chi connectivity index (χ1) is 8.88. The predicted molar refractivity (Wildman–Crippen MR) is 72.6 cm³/mol. The molecule has 3 nitrogen and oxygen atoms in total. The quantitative estimate of drug-likeness (QED) is 0.813. The molecular formula is C15H23N3. The molecule has 98 valence electrons. The molecule has 3 heteroatoms. The number of rotatable bonds is 2. The number of fused-ring (bicyclic) bond motifs is 1. The lowest BCUT2D eigenvalue weighted by Crippen LogP contribution is -2.18. The Morgan fingerprint density at radius 2 is 1.89 bits per heavy atom. The fourth-order valence-electron chi connectivity index (χ4n) is 3.41. The molecule has 1 N–H and O–H groups in total. The number of hydrogen-bond donors (Lipinski definition) is 1. The molecule has 18 heavy (non-hydrogen) atoms. The molecule has 1 heterocycles. The molecule has 1 fully saturated rings. The maximum Gasteiger partial charge on any atom is 0.131 e. The Balaban J connectivity index is 1.91. The van der Waals surface area contributed by atoms with Crippen molar-refractivity contribution in [1.82, 2.24) is 15.3 Å². The van der Waals surface area contributed by atoms with Crippen LogP contribution < -0.4 is 5.32 Å². The Morgan fingerprint density at radius 3 is 2.67 bits per heavy atom. The molecule has 1 saturated carbocycles. The molecule has 0 spiro atoms. The van der Waals surface area contributed by atoms with Gasteiger partial charge in [-0.05, 0) is 39.2 Å². The van der Waals surface area contributed by atoms with Crippen LogP contribution in [0.3, 0.4) is 0 Å². The standard InChI is InChI=1S/C15H23N3/c1-16-13-8-4-5-9-14-12(13)10-17-15(18-14)11-6-2-3-7-11/h10-11,13,16H,2-9H2,1H3. The zero-order valence-electron chi connectivity index (χ0n) is 11.3. The highest BCUT2D eigenvalue weighted by Crippen LogP contribution is 2.34. The average molecular weight is 245 g/mol. The van der Waals surface area contributed by atoms with E-state index in [1.165, 1.54) is 56.2 Å². The summed E-state index contributed by atoms with van der Waals surface area (Å²) in [6.07, 6.45) is 12.3. The van der Waals surface area contributed by atoms with E-state index >= 15 is 0 Å². The first-order valence-electron chi connectivity index (χ1n) is 7.41. The van der Waals surface area contributed by atoms with Crippen molar-refractivity contribution < 1.29 is 0 Å². The first-order valence-corrected chi connectivity index (χ1v) is 7.41. The Labute approximate surface area is 109 Å². The van der Waals surface area contributed by atoms with Crippen LogP contribution in [-0.4, -0.2) is 17.0 Å². The molecular weight excluding hydrogens is 222 g/mol. The highest BCUT2D eigenvalue weighted by atomic mass is 14.9. The highest BCUT2D eigenvalue weighted by Gasteiger charge is 2.23. The van der Waals surface area contributed by atoms with Crippen LogP contribution in [-0.2, 0) is 6.42 Å². The second kappa shape index (κ2) is 5.35. The largest absolute Gasteiger partial charge is 0.313 e. The van der Waals surface area contributed by atoms with Gasteiger partial charge in [0.2, 0.25) is 0 Å². The summed E-state index contributed by atoms with van der Waals surface area (Å²) in [5, 5.41) is 3.41. The fourth-order valence-corrected chi connectivity index (χ4v) is 3.41. The van der Waals surface area contributed by atoms with Gasteiger partial charge in [0.1, 0.15) is 5.82 Å². The van der Waals surface area contributed by atoms with E-state index in [0.29, 0.717) is 12.0 Å². The van der Waals surface area contributed by atoms with Crippen LogP contribution in [0.25, 0.3) is 0 Å². The summed E-state index contributed by atoms with van der Waals surface area (Å²) in [5.41, 5.74) is 2.65. The van der Waals surface area contributed by atoms with E-state index in [4.69, 9.17) is 4.98 Å². The van der Waals surface area contributed by atoms with Crippen LogP contribution in [0, 0.1) is 0 Å². The summed E-state index contributed by atoms with van der Waals surface area (Å²) < 4.78 is 0. The molecule has 0 aliphatic heterocycles. The van der Waals surface area contributed by atoms with Crippen LogP contribution in [0.2, 0.25) is 0 Å². The smallest absolute Gasteiger partial charge is 0.131 e. The van der Waals surface area contributed by atoms with Crippen LogP contribution >= 0.6 is 0 Å². The van der Waals surface area contributed by atoms with E-state index in [-0.39, 0.29) is 0 Å². The van der Waals surface area contributed by atoms with Crippen molar-refractivity contribution in [3.8, 4) is 0 Å². The molecule has 0 amide bonds. The van der Waals surface area contributed by atoms with Gasteiger partial charge in [0.15, 0.2) is 0 Å². The summed E-state index contributed by atoms with van der Waals surface area (Å²) >= 11 is 0. The van der Waals surface area contributed by atoms with Crippen molar-refractivity contribution >= 4 is 0 Å². The number of nitrogens with one attached hydrogen (secondary N) is 1. The van der Waals surface area contributed by atoms with E-state index in [2.05, 4.69) is 16.5 Å². The van der Waals surface area contributed by atoms with E-state index in [1.807, 2.05) is 7.05 Å². The molecule has 2 aliphatic carbocycles. The van der Waals surface area contributed by atoms with Gasteiger partial charge >= 0.3 is 0 Å². The third kappa shape index (κ3) is 2.28. The fraction of sp³-hybridized carbons (Fsp3) is 0.733. The first kappa shape index (κ1) is 12.1. The van der Waals surface area contributed by atoms with Crippen LogP contribution in [0.1, 0.15) is 74.0 Å². The maximum atomic E-state index is 4.90. The lowest BCUT2D eigenvalue weighted by molar-refractivity contribution is 0.530. The summed E-state index contributed by atoms with van der Waals surface area (Å²) in [6.45, 7) is 0. The molecule has 0 aromatic carbocycles. The Morgan fingerprint density at radius 1 is 1.11 bits per heavy atom. The predicted octanol–water partition coefficient (Wildman–Crippen LogP) is 3.12. The molecule has 2 aliphatic rings. The summed E-state index contributed by atoms with van der Waals surface area (Å²) in [7, 11) is 2.05. The molecule has 1 aromatic heterocycles. The minimum atomic E-state index is 0.458. The van der Waals surface area contributed by atoms with Crippen molar-refractivity contribution in [2.75, 3.05) is 7.05 Å². The van der Waals surface area contributed by atoms with Gasteiger partial charge in [0.25, 0.3) is 0 Å². The van der Waals surface area contributed by atoms with Gasteiger partial charge in [0.05, 0.1) is 0 Å². The third-order valence-electron chi connectivity index (χ3n) is 4.52. The lowest BCUT2D eigenvalue weighted by atomic mass is 10.0. The van der Waals surface area contributed by atoms with Gasteiger partial charge in [-0.25, -0.2) is 9.97 Å². The van der Waals surface area contributed by atoms with Crippen molar-refractivity contribution in [2.24, 2.45) is 0 Å². The van der Waals surface area contributed by atoms with Crippen LogP contribution in [0.4, 0.5) is 0 Å². The minimum Gasteiger partial charge on any atom is -0.313 e. The van der Waals surface area contributed by atoms with E-state index in [9.17, 15) is 0 Å². The summed E-state index contributed by atoms with van der Waals surface area (Å²) in [5.74, 6) is 1.74. The molecule has 1 unspecified atom stereocenters. The number of aryl methyl sites for hydroxylation is 1. The van der Waals surface area contributed by atoms with Crippen molar-refractivity contribution in [2.45, 2.75) is 63.3 Å². The third-order valence-corrected chi connectivity index (χ3v) is 4.52. The van der Waals surface area contributed by atoms with Gasteiger partial charge in [-0.3, -0.25) is 0 Å². The zero-order chi connectivity index (χ0) is 12.4. The number of aromatic nitrogens is 2. The lowest BCUT2D eigenvalue weighted by Gasteiger charge is -2.17. The second-order valence-corrected chi connectivity index (χ2v) is 5.70. The van der Waals surface area contributed by atoms with Crippen LogP contribution in [0.15, 0.2) is 6.20 Å². The SMILES string of the molecule is CNC1CCCCc2nc(C3CCCC3)ncc21. The Kier molecular flexibility index (Phi) is 3.59. The van der Waals surface area contributed by atoms with E-state index in [0.717, 1.165) is 12.2 Å². The number of nitrogens with zero attached hydrogens (tertiary/aromatic N) is 2. The van der Waals surface area contributed by atoms with Crippen molar-refractivity contribution in [3.63, 3.8) is 0 Å². The van der Waals surface area contributed by atoms with Crippen molar-refractivity contribution in [1.29, 1.82) is 0 Å². The van der Waals surface area contributed by atoms with Gasteiger partial charge in [-0.1, -0.05) is 19.3 Å². The van der Waals surface area contributed by atoms with Gasteiger partial charge in [0, 0.05) is 29.4 Å². The highest BCUT2D eigenvalue weighted by molar-refractivity contribution is 5.24. The maximum absolute atomic E-state index is 4.90. The van der Waals surface area contributed by atoms with E-state index < -0.39 is 0 Å². The van der Waals surface area contributed by atoms with Gasteiger partial charge in [-0.2, -0.15) is 0 Å². The molecule has 0 bridgehead atoms. The summed E-state index contributed by atoms with van der Waals surface area (Å²) in [4.78, 5) is 9.57. The van der Waals surface area contributed by atoms with E-state index in [1.54, 1.807) is 0 Å². The molecule has 3 rings (SSSR count). The molecule has 0 radical (unpaired) electrons. The normalized spacial score (nSPS) is 24.8. The zero-order valence-corrected chi connectivity index (χ0v) is 11.3. The average Bonchev–Trinajstić information content (AvgIpc) is 2.86. The second-order valence-electron chi connectivity index (χ2n) is 5.70. The minimum absolute atomic E-state index is 0.458.